The number of amides is 2. The summed E-state index contributed by atoms with van der Waals surface area (Å²) in [6.45, 7) is 12.8. The van der Waals surface area contributed by atoms with Gasteiger partial charge in [-0.2, -0.15) is 21.6 Å². The summed E-state index contributed by atoms with van der Waals surface area (Å²) in [6, 6.07) is 8.07. The molecule has 2 aromatic rings. The SMILES string of the molecule is CC(C)(C)c1cc2c3c(cc(C(C)(C)C)cc3c1)C(=O)NC2=O.O=S(=O)(O)C(F)(F)F. The molecule has 2 amide bonds. The number of halogens is 3. The quantitative estimate of drug-likeness (QED) is 0.338. The van der Waals surface area contributed by atoms with Crippen molar-refractivity contribution in [3.05, 3.63) is 46.5 Å². The maximum atomic E-state index is 12.3. The van der Waals surface area contributed by atoms with Gasteiger partial charge in [-0.25, -0.2) is 0 Å². The lowest BCUT2D eigenvalue weighted by atomic mass is 9.79. The normalized spacial score (nSPS) is 14.8. The zero-order valence-electron chi connectivity index (χ0n) is 17.9. The molecule has 6 nitrogen and oxygen atoms in total. The molecule has 0 aromatic heterocycles. The van der Waals surface area contributed by atoms with Crippen LogP contribution in [0.15, 0.2) is 24.3 Å². The molecule has 0 atom stereocenters. The van der Waals surface area contributed by atoms with Crippen molar-refractivity contribution in [2.45, 2.75) is 57.9 Å². The van der Waals surface area contributed by atoms with Gasteiger partial charge in [-0.05, 0) is 39.5 Å². The highest BCUT2D eigenvalue weighted by Gasteiger charge is 2.44. The van der Waals surface area contributed by atoms with Crippen LogP contribution in [0.25, 0.3) is 10.8 Å². The zero-order chi connectivity index (χ0) is 24.2. The van der Waals surface area contributed by atoms with Gasteiger partial charge in [-0.3, -0.25) is 19.5 Å². The molecule has 1 aliphatic rings. The summed E-state index contributed by atoms with van der Waals surface area (Å²) in [5.74, 6) is -0.607. The molecular formula is C21H24F3NO5S. The van der Waals surface area contributed by atoms with Crippen LogP contribution in [0.1, 0.15) is 73.4 Å². The van der Waals surface area contributed by atoms with Crippen LogP contribution in [0.4, 0.5) is 13.2 Å². The van der Waals surface area contributed by atoms with Gasteiger partial charge in [0, 0.05) is 16.5 Å². The number of hydrogen-bond donors (Lipinski definition) is 2. The van der Waals surface area contributed by atoms with E-state index in [1.807, 2.05) is 12.1 Å². The summed E-state index contributed by atoms with van der Waals surface area (Å²) in [7, 11) is -5.84. The third-order valence-electron chi connectivity index (χ3n) is 4.79. The number of carbonyl (C=O) groups excluding carboxylic acids is 2. The number of rotatable bonds is 0. The Morgan fingerprint density at radius 3 is 1.35 bits per heavy atom. The molecule has 0 aliphatic carbocycles. The van der Waals surface area contributed by atoms with Crippen molar-refractivity contribution in [2.75, 3.05) is 0 Å². The fourth-order valence-corrected chi connectivity index (χ4v) is 2.98. The lowest BCUT2D eigenvalue weighted by Gasteiger charge is -2.26. The van der Waals surface area contributed by atoms with E-state index in [0.29, 0.717) is 11.1 Å². The Bertz CT molecular complexity index is 1100. The first kappa shape index (κ1) is 24.8. The predicted molar refractivity (Wildman–Crippen MR) is 111 cm³/mol. The van der Waals surface area contributed by atoms with Gasteiger partial charge < -0.3 is 0 Å². The summed E-state index contributed by atoms with van der Waals surface area (Å²) < 4.78 is 57.5. The van der Waals surface area contributed by atoms with Crippen LogP contribution in [0, 0.1) is 0 Å². The molecule has 0 saturated heterocycles. The third kappa shape index (κ3) is 5.24. The highest BCUT2D eigenvalue weighted by atomic mass is 32.2. The van der Waals surface area contributed by atoms with Crippen molar-refractivity contribution in [2.24, 2.45) is 0 Å². The van der Waals surface area contributed by atoms with Crippen molar-refractivity contribution in [3.63, 3.8) is 0 Å². The van der Waals surface area contributed by atoms with E-state index < -0.39 is 15.6 Å². The summed E-state index contributed by atoms with van der Waals surface area (Å²) >= 11 is 0. The Morgan fingerprint density at radius 1 is 0.774 bits per heavy atom. The van der Waals surface area contributed by atoms with E-state index in [1.54, 1.807) is 0 Å². The number of carbonyl (C=O) groups is 2. The van der Waals surface area contributed by atoms with E-state index in [0.717, 1.165) is 21.9 Å². The molecule has 1 heterocycles. The standard InChI is InChI=1S/C20H23NO2.CHF3O3S/c1-19(2,3)12-7-11-8-13(20(4,5)6)10-15-16(11)14(9-12)17(22)21-18(15)23;2-1(3,4)8(5,6)7/h7-10H,1-6H3,(H,21,22,23);(H,5,6,7). The molecule has 0 radical (unpaired) electrons. The molecule has 0 saturated carbocycles. The van der Waals surface area contributed by atoms with E-state index in [1.165, 1.54) is 0 Å². The fraction of sp³-hybridized carbons (Fsp3) is 0.429. The molecule has 3 rings (SSSR count). The summed E-state index contributed by atoms with van der Waals surface area (Å²) in [4.78, 5) is 24.6. The highest BCUT2D eigenvalue weighted by molar-refractivity contribution is 7.86. The maximum absolute atomic E-state index is 12.3. The molecule has 1 aliphatic heterocycles. The first-order valence-electron chi connectivity index (χ1n) is 9.25. The lowest BCUT2D eigenvalue weighted by Crippen LogP contribution is -2.35. The Hall–Kier alpha value is -2.46. The first-order chi connectivity index (χ1) is 13.7. The number of imide groups is 1. The number of nitrogens with one attached hydrogen (secondary N) is 1. The third-order valence-corrected chi connectivity index (χ3v) is 5.37. The molecule has 10 heteroatoms. The lowest BCUT2D eigenvalue weighted by molar-refractivity contribution is -0.0510. The van der Waals surface area contributed by atoms with Crippen molar-refractivity contribution in [3.8, 4) is 0 Å². The van der Waals surface area contributed by atoms with Crippen LogP contribution < -0.4 is 5.32 Å². The molecule has 0 fully saturated rings. The van der Waals surface area contributed by atoms with E-state index in [-0.39, 0.29) is 22.6 Å². The van der Waals surface area contributed by atoms with Gasteiger partial charge in [0.25, 0.3) is 11.8 Å². The molecule has 2 N–H and O–H groups in total. The average Bonchev–Trinajstić information content (AvgIpc) is 2.55. The Morgan fingerprint density at radius 2 is 1.10 bits per heavy atom. The highest BCUT2D eigenvalue weighted by Crippen LogP contribution is 2.36. The largest absolute Gasteiger partial charge is 0.522 e. The van der Waals surface area contributed by atoms with E-state index >= 15 is 0 Å². The molecule has 2 aromatic carbocycles. The zero-order valence-corrected chi connectivity index (χ0v) is 18.7. The summed E-state index contributed by atoms with van der Waals surface area (Å²) in [5, 5.41) is 4.22. The maximum Gasteiger partial charge on any atom is 0.522 e. The van der Waals surface area contributed by atoms with Crippen LogP contribution in [0.5, 0.6) is 0 Å². The van der Waals surface area contributed by atoms with Crippen LogP contribution in [0.3, 0.4) is 0 Å². The Balaban J connectivity index is 0.000000366. The first-order valence-corrected chi connectivity index (χ1v) is 10.7. The van der Waals surface area contributed by atoms with Gasteiger partial charge >= 0.3 is 15.6 Å². The minimum absolute atomic E-state index is 0.0652. The molecular weight excluding hydrogens is 435 g/mol. The average molecular weight is 459 g/mol. The van der Waals surface area contributed by atoms with Crippen molar-refractivity contribution >= 4 is 32.7 Å². The second kappa shape index (κ2) is 7.59. The van der Waals surface area contributed by atoms with Crippen LogP contribution in [-0.4, -0.2) is 30.3 Å². The Labute approximate surface area is 178 Å². The molecule has 0 bridgehead atoms. The second-order valence-corrected chi connectivity index (χ2v) is 10.8. The van der Waals surface area contributed by atoms with Gasteiger partial charge in [-0.1, -0.05) is 53.7 Å². The van der Waals surface area contributed by atoms with Crippen molar-refractivity contribution in [1.29, 1.82) is 0 Å². The van der Waals surface area contributed by atoms with Gasteiger partial charge in [0.15, 0.2) is 0 Å². The van der Waals surface area contributed by atoms with E-state index in [4.69, 9.17) is 13.0 Å². The van der Waals surface area contributed by atoms with Crippen molar-refractivity contribution in [1.82, 2.24) is 5.32 Å². The number of alkyl halides is 3. The minimum Gasteiger partial charge on any atom is -0.288 e. The van der Waals surface area contributed by atoms with Crippen LogP contribution >= 0.6 is 0 Å². The fourth-order valence-electron chi connectivity index (χ4n) is 2.98. The van der Waals surface area contributed by atoms with Crippen LogP contribution in [0.2, 0.25) is 0 Å². The second-order valence-electron chi connectivity index (χ2n) is 9.35. The van der Waals surface area contributed by atoms with Crippen LogP contribution in [-0.2, 0) is 20.9 Å². The molecule has 31 heavy (non-hydrogen) atoms. The number of hydrogen-bond acceptors (Lipinski definition) is 4. The van der Waals surface area contributed by atoms with Crippen molar-refractivity contribution < 1.29 is 35.7 Å². The summed E-state index contributed by atoms with van der Waals surface area (Å²) in [6.07, 6.45) is 0. The topological polar surface area (TPSA) is 101 Å². The Kier molecular flexibility index (Phi) is 6.08. The molecule has 170 valence electrons. The van der Waals surface area contributed by atoms with Gasteiger partial charge in [0.05, 0.1) is 0 Å². The van der Waals surface area contributed by atoms with E-state index in [2.05, 4.69) is 59.0 Å². The minimum atomic E-state index is -5.84. The van der Waals surface area contributed by atoms with E-state index in [9.17, 15) is 22.8 Å². The summed E-state index contributed by atoms with van der Waals surface area (Å²) in [5.41, 5.74) is -2.27. The molecule has 0 unspecified atom stereocenters. The van der Waals surface area contributed by atoms with Gasteiger partial charge in [0.2, 0.25) is 0 Å². The molecule has 0 spiro atoms. The monoisotopic (exact) mass is 459 g/mol. The smallest absolute Gasteiger partial charge is 0.288 e. The predicted octanol–water partition coefficient (Wildman–Crippen LogP) is 4.71. The number of benzene rings is 2. The van der Waals surface area contributed by atoms with Gasteiger partial charge in [0.1, 0.15) is 0 Å². The van der Waals surface area contributed by atoms with Gasteiger partial charge in [-0.15, -0.1) is 0 Å².